The minimum atomic E-state index is -0.166. The van der Waals surface area contributed by atoms with Crippen LogP contribution >= 0.6 is 24.0 Å². The van der Waals surface area contributed by atoms with E-state index in [1.165, 1.54) is 18.2 Å². The summed E-state index contributed by atoms with van der Waals surface area (Å²) >= 11 is 6.04. The van der Waals surface area contributed by atoms with Crippen molar-refractivity contribution in [1.82, 2.24) is 5.32 Å². The van der Waals surface area contributed by atoms with Crippen LogP contribution in [0.1, 0.15) is 27.4 Å². The van der Waals surface area contributed by atoms with Gasteiger partial charge in [-0.3, -0.25) is 4.79 Å². The second kappa shape index (κ2) is 6.19. The fourth-order valence-corrected chi connectivity index (χ4v) is 3.86. The zero-order valence-corrected chi connectivity index (χ0v) is 14.7. The first-order valence-corrected chi connectivity index (χ1v) is 7.99. The second-order valence-corrected chi connectivity index (χ2v) is 6.57. The Hall–Kier alpha value is -1.91. The molecule has 3 N–H and O–H groups in total. The van der Waals surface area contributed by atoms with Crippen LogP contribution in [0.25, 0.3) is 0 Å². The van der Waals surface area contributed by atoms with Crippen LogP contribution in [0, 0.1) is 5.92 Å². The largest absolute Gasteiger partial charge is 0.496 e. The van der Waals surface area contributed by atoms with Gasteiger partial charge in [-0.05, 0) is 29.5 Å². The van der Waals surface area contributed by atoms with Gasteiger partial charge in [-0.25, -0.2) is 0 Å². The third-order valence-electron chi connectivity index (χ3n) is 4.90. The van der Waals surface area contributed by atoms with Crippen molar-refractivity contribution in [3.05, 3.63) is 58.1 Å². The van der Waals surface area contributed by atoms with E-state index < -0.39 is 0 Å². The summed E-state index contributed by atoms with van der Waals surface area (Å²) in [5, 5.41) is 3.47. The molecule has 0 aliphatic heterocycles. The highest BCUT2D eigenvalue weighted by Gasteiger charge is 2.56. The highest BCUT2D eigenvalue weighted by Crippen LogP contribution is 2.56. The molecule has 0 aromatic heterocycles. The third kappa shape index (κ3) is 2.60. The predicted octanol–water partition coefficient (Wildman–Crippen LogP) is 3.42. The molecule has 1 saturated carbocycles. The highest BCUT2D eigenvalue weighted by atomic mass is 35.5. The molecule has 1 fully saturated rings. The summed E-state index contributed by atoms with van der Waals surface area (Å²) in [5.74, 6) is 1.22. The normalized spacial score (nSPS) is 22.8. The molecule has 126 valence electrons. The Kier molecular flexibility index (Phi) is 4.37. The monoisotopic (exact) mass is 364 g/mol. The molecule has 0 heterocycles. The van der Waals surface area contributed by atoms with Gasteiger partial charge in [0.2, 0.25) is 0 Å². The van der Waals surface area contributed by atoms with Crippen molar-refractivity contribution in [2.24, 2.45) is 5.92 Å². The van der Waals surface area contributed by atoms with E-state index in [9.17, 15) is 4.79 Å². The van der Waals surface area contributed by atoms with Crippen LogP contribution in [-0.2, 0) is 6.42 Å². The number of benzene rings is 2. The van der Waals surface area contributed by atoms with E-state index in [1.54, 1.807) is 12.1 Å². The summed E-state index contributed by atoms with van der Waals surface area (Å²) in [7, 11) is 1.52. The number of nitrogen functional groups attached to an aromatic ring is 1. The number of ether oxygens (including phenoxy) is 1. The summed E-state index contributed by atoms with van der Waals surface area (Å²) in [4.78, 5) is 12.6. The molecule has 3 unspecified atom stereocenters. The van der Waals surface area contributed by atoms with E-state index in [4.69, 9.17) is 22.1 Å². The second-order valence-electron chi connectivity index (χ2n) is 6.17. The summed E-state index contributed by atoms with van der Waals surface area (Å²) in [6.07, 6.45) is 1.03. The van der Waals surface area contributed by atoms with Crippen LogP contribution in [0.15, 0.2) is 36.4 Å². The van der Waals surface area contributed by atoms with E-state index in [-0.39, 0.29) is 24.4 Å². The molecule has 6 heteroatoms. The lowest BCUT2D eigenvalue weighted by molar-refractivity contribution is 0.0945. The number of fused-ring (bicyclic) bond motifs is 3. The van der Waals surface area contributed by atoms with Gasteiger partial charge in [-0.15, -0.1) is 12.4 Å². The van der Waals surface area contributed by atoms with Crippen LogP contribution in [-0.4, -0.2) is 19.1 Å². The Labute approximate surface area is 151 Å². The zero-order chi connectivity index (χ0) is 16.1. The molecular weight excluding hydrogens is 347 g/mol. The van der Waals surface area contributed by atoms with Crippen molar-refractivity contribution in [2.75, 3.05) is 12.8 Å². The van der Waals surface area contributed by atoms with Crippen LogP contribution < -0.4 is 15.8 Å². The van der Waals surface area contributed by atoms with Gasteiger partial charge < -0.3 is 15.8 Å². The lowest BCUT2D eigenvalue weighted by Crippen LogP contribution is -2.29. The van der Waals surface area contributed by atoms with Gasteiger partial charge in [0.25, 0.3) is 5.91 Å². The fraction of sp³-hybridized carbons (Fsp3) is 0.278. The van der Waals surface area contributed by atoms with Gasteiger partial charge in [-0.2, -0.15) is 0 Å². The zero-order valence-electron chi connectivity index (χ0n) is 13.1. The molecule has 0 radical (unpaired) electrons. The molecule has 2 aliphatic rings. The number of rotatable bonds is 3. The van der Waals surface area contributed by atoms with E-state index in [2.05, 4.69) is 29.6 Å². The number of amides is 1. The number of nitrogens with two attached hydrogens (primary N) is 1. The predicted molar refractivity (Wildman–Crippen MR) is 97.3 cm³/mol. The number of hydrogen-bond donors (Lipinski definition) is 2. The molecule has 1 amide bonds. The average molecular weight is 365 g/mol. The summed E-state index contributed by atoms with van der Waals surface area (Å²) < 4.78 is 5.26. The van der Waals surface area contributed by atoms with Crippen LogP contribution in [0.4, 0.5) is 5.69 Å². The Morgan fingerprint density at radius 1 is 1.33 bits per heavy atom. The number of nitrogens with one attached hydrogen (secondary N) is 1. The standard InChI is InChI=1S/C18H17ClN2O2.ClH/c1-23-15-8-14(20)13(19)7-11(15)18(22)21-17-12-6-9-4-2-3-5-10(9)16(12)17;/h2-5,7-8,12,16-17H,6,20H2,1H3,(H,21,22);1H. The van der Waals surface area contributed by atoms with Crippen molar-refractivity contribution in [3.8, 4) is 5.75 Å². The molecule has 0 spiro atoms. The maximum atomic E-state index is 12.6. The molecule has 2 aromatic rings. The lowest BCUT2D eigenvalue weighted by Gasteiger charge is -2.13. The third-order valence-corrected chi connectivity index (χ3v) is 5.23. The molecule has 3 atom stereocenters. The average Bonchev–Trinajstić information content (AvgIpc) is 3.05. The van der Waals surface area contributed by atoms with Crippen LogP contribution in [0.2, 0.25) is 5.02 Å². The van der Waals surface area contributed by atoms with Crippen molar-refractivity contribution in [3.63, 3.8) is 0 Å². The smallest absolute Gasteiger partial charge is 0.255 e. The molecule has 2 aliphatic carbocycles. The number of methoxy groups -OCH3 is 1. The van der Waals surface area contributed by atoms with Crippen molar-refractivity contribution in [1.29, 1.82) is 0 Å². The molecule has 0 bridgehead atoms. The summed E-state index contributed by atoms with van der Waals surface area (Å²) in [6.45, 7) is 0. The minimum Gasteiger partial charge on any atom is -0.496 e. The molecule has 4 rings (SSSR count). The van der Waals surface area contributed by atoms with E-state index in [0.717, 1.165) is 6.42 Å². The van der Waals surface area contributed by atoms with Crippen molar-refractivity contribution >= 4 is 35.6 Å². The number of carbonyl (C=O) groups excluding carboxylic acids is 1. The van der Waals surface area contributed by atoms with E-state index in [0.29, 0.717) is 33.9 Å². The maximum absolute atomic E-state index is 12.6. The Morgan fingerprint density at radius 2 is 2.08 bits per heavy atom. The number of anilines is 1. The first-order chi connectivity index (χ1) is 11.1. The lowest BCUT2D eigenvalue weighted by atomic mass is 10.0. The first-order valence-electron chi connectivity index (χ1n) is 7.62. The van der Waals surface area contributed by atoms with Gasteiger partial charge in [0.05, 0.1) is 23.4 Å². The molecule has 4 nitrogen and oxygen atoms in total. The Balaban J connectivity index is 0.00000169. The minimum absolute atomic E-state index is 0. The Morgan fingerprint density at radius 3 is 2.83 bits per heavy atom. The van der Waals surface area contributed by atoms with Gasteiger partial charge in [-0.1, -0.05) is 35.9 Å². The Bertz CT molecular complexity index is 810. The summed E-state index contributed by atoms with van der Waals surface area (Å²) in [6, 6.07) is 11.8. The molecule has 2 aromatic carbocycles. The summed E-state index contributed by atoms with van der Waals surface area (Å²) in [5.41, 5.74) is 9.35. The molecule has 24 heavy (non-hydrogen) atoms. The van der Waals surface area contributed by atoms with Crippen molar-refractivity contribution in [2.45, 2.75) is 18.4 Å². The fourth-order valence-electron chi connectivity index (χ4n) is 3.69. The number of hydrogen-bond acceptors (Lipinski definition) is 3. The highest BCUT2D eigenvalue weighted by molar-refractivity contribution is 6.33. The van der Waals surface area contributed by atoms with E-state index >= 15 is 0 Å². The van der Waals surface area contributed by atoms with Gasteiger partial charge in [0.1, 0.15) is 5.75 Å². The van der Waals surface area contributed by atoms with Crippen LogP contribution in [0.5, 0.6) is 5.75 Å². The number of carbonyl (C=O) groups is 1. The van der Waals surface area contributed by atoms with Gasteiger partial charge >= 0.3 is 0 Å². The SMILES string of the molecule is COc1cc(N)c(Cl)cc1C(=O)NC1C2Cc3ccccc3C21.Cl. The topological polar surface area (TPSA) is 64.3 Å². The van der Waals surface area contributed by atoms with Gasteiger partial charge in [0, 0.05) is 18.0 Å². The van der Waals surface area contributed by atoms with Gasteiger partial charge in [0.15, 0.2) is 0 Å². The van der Waals surface area contributed by atoms with Crippen LogP contribution in [0.3, 0.4) is 0 Å². The quantitative estimate of drug-likeness (QED) is 0.820. The van der Waals surface area contributed by atoms with Crippen molar-refractivity contribution < 1.29 is 9.53 Å². The maximum Gasteiger partial charge on any atom is 0.255 e. The molecular formula is C18H18Cl2N2O2. The number of halogens is 2. The van der Waals surface area contributed by atoms with E-state index in [1.807, 2.05) is 0 Å². The molecule has 0 saturated heterocycles. The first kappa shape index (κ1) is 16.9.